The van der Waals surface area contributed by atoms with Gasteiger partial charge in [0.1, 0.15) is 0 Å². The summed E-state index contributed by atoms with van der Waals surface area (Å²) >= 11 is 0. The Balaban J connectivity index is 2.19. The monoisotopic (exact) mass is 205 g/mol. The van der Waals surface area contributed by atoms with Crippen molar-refractivity contribution >= 4 is 11.7 Å². The number of rotatable bonds is 2. The highest BCUT2D eigenvalue weighted by Gasteiger charge is 2.14. The predicted molar refractivity (Wildman–Crippen MR) is 59.2 cm³/mol. The zero-order valence-electron chi connectivity index (χ0n) is 9.04. The topological polar surface area (TPSA) is 38.3 Å². The number of carbonyl (C=O) groups is 1. The third-order valence-corrected chi connectivity index (χ3v) is 2.40. The molecule has 0 saturated heterocycles. The fourth-order valence-electron chi connectivity index (χ4n) is 1.70. The van der Waals surface area contributed by atoms with Crippen LogP contribution in [0.4, 0.5) is 5.69 Å². The molecule has 1 heterocycles. The third kappa shape index (κ3) is 2.12. The van der Waals surface area contributed by atoms with Crippen LogP contribution in [-0.2, 0) is 11.2 Å². The first-order valence-corrected chi connectivity index (χ1v) is 5.24. The van der Waals surface area contributed by atoms with Crippen molar-refractivity contribution in [1.82, 2.24) is 0 Å². The molecule has 0 saturated carbocycles. The van der Waals surface area contributed by atoms with Gasteiger partial charge in [0.05, 0.1) is 11.7 Å². The number of esters is 1. The van der Waals surface area contributed by atoms with Gasteiger partial charge >= 0.3 is 5.97 Å². The van der Waals surface area contributed by atoms with E-state index in [1.807, 2.05) is 32.0 Å². The molecule has 0 spiro atoms. The minimum Gasteiger partial charge on any atom is -0.459 e. The summed E-state index contributed by atoms with van der Waals surface area (Å²) < 4.78 is 5.13. The molecule has 0 unspecified atom stereocenters. The van der Waals surface area contributed by atoms with Crippen molar-refractivity contribution in [2.24, 2.45) is 0 Å². The minimum atomic E-state index is -0.249. The SMILES string of the molecule is CC(C)OC(=O)c1ccc2c(c1)NCC2. The van der Waals surface area contributed by atoms with Gasteiger partial charge in [0.2, 0.25) is 0 Å². The summed E-state index contributed by atoms with van der Waals surface area (Å²) in [6.45, 7) is 4.66. The fraction of sp³-hybridized carbons (Fsp3) is 0.417. The predicted octanol–water partition coefficient (Wildman–Crippen LogP) is 2.22. The maximum Gasteiger partial charge on any atom is 0.338 e. The highest BCUT2D eigenvalue weighted by molar-refractivity contribution is 5.91. The van der Waals surface area contributed by atoms with E-state index in [2.05, 4.69) is 5.32 Å². The lowest BCUT2D eigenvalue weighted by Gasteiger charge is -2.08. The highest BCUT2D eigenvalue weighted by atomic mass is 16.5. The zero-order valence-corrected chi connectivity index (χ0v) is 9.04. The van der Waals surface area contributed by atoms with Gasteiger partial charge in [-0.1, -0.05) is 6.07 Å². The van der Waals surface area contributed by atoms with E-state index in [9.17, 15) is 4.79 Å². The van der Waals surface area contributed by atoms with Crippen LogP contribution in [0.2, 0.25) is 0 Å². The summed E-state index contributed by atoms with van der Waals surface area (Å²) in [5.74, 6) is -0.249. The molecule has 1 N–H and O–H groups in total. The normalized spacial score (nSPS) is 13.5. The van der Waals surface area contributed by atoms with Gasteiger partial charge < -0.3 is 10.1 Å². The Morgan fingerprint density at radius 2 is 2.27 bits per heavy atom. The fourth-order valence-corrected chi connectivity index (χ4v) is 1.70. The second-order valence-corrected chi connectivity index (χ2v) is 4.00. The summed E-state index contributed by atoms with van der Waals surface area (Å²) in [7, 11) is 0. The Labute approximate surface area is 89.4 Å². The number of hydrogen-bond acceptors (Lipinski definition) is 3. The van der Waals surface area contributed by atoms with Crippen LogP contribution in [0, 0.1) is 0 Å². The van der Waals surface area contributed by atoms with Crippen LogP contribution in [0.25, 0.3) is 0 Å². The molecule has 0 bridgehead atoms. The maximum atomic E-state index is 11.6. The van der Waals surface area contributed by atoms with Crippen LogP contribution >= 0.6 is 0 Å². The van der Waals surface area contributed by atoms with Gasteiger partial charge in [-0.15, -0.1) is 0 Å². The second-order valence-electron chi connectivity index (χ2n) is 4.00. The van der Waals surface area contributed by atoms with E-state index < -0.39 is 0 Å². The Morgan fingerprint density at radius 1 is 1.47 bits per heavy atom. The van der Waals surface area contributed by atoms with Crippen molar-refractivity contribution in [2.75, 3.05) is 11.9 Å². The van der Waals surface area contributed by atoms with Crippen molar-refractivity contribution in [3.8, 4) is 0 Å². The molecule has 15 heavy (non-hydrogen) atoms. The van der Waals surface area contributed by atoms with Crippen molar-refractivity contribution < 1.29 is 9.53 Å². The van der Waals surface area contributed by atoms with E-state index in [1.165, 1.54) is 5.56 Å². The second kappa shape index (κ2) is 3.93. The molecule has 0 radical (unpaired) electrons. The van der Waals surface area contributed by atoms with Gasteiger partial charge in [-0.2, -0.15) is 0 Å². The standard InChI is InChI=1S/C12H15NO2/c1-8(2)15-12(14)10-4-3-9-5-6-13-11(9)7-10/h3-4,7-8,13H,5-6H2,1-2H3. The summed E-state index contributed by atoms with van der Waals surface area (Å²) in [4.78, 5) is 11.6. The van der Waals surface area contributed by atoms with Gasteiger partial charge in [0, 0.05) is 12.2 Å². The van der Waals surface area contributed by atoms with Crippen molar-refractivity contribution in [3.05, 3.63) is 29.3 Å². The molecule has 1 aromatic carbocycles. The molecule has 0 aliphatic carbocycles. The number of hydrogen-bond donors (Lipinski definition) is 1. The van der Waals surface area contributed by atoms with E-state index in [1.54, 1.807) is 0 Å². The first-order chi connectivity index (χ1) is 7.16. The van der Waals surface area contributed by atoms with Crippen LogP contribution in [0.5, 0.6) is 0 Å². The van der Waals surface area contributed by atoms with Crippen LogP contribution in [-0.4, -0.2) is 18.6 Å². The summed E-state index contributed by atoms with van der Waals surface area (Å²) in [6.07, 6.45) is 0.966. The van der Waals surface area contributed by atoms with Crippen molar-refractivity contribution in [1.29, 1.82) is 0 Å². The molecule has 1 aliphatic rings. The third-order valence-electron chi connectivity index (χ3n) is 2.40. The average molecular weight is 205 g/mol. The number of ether oxygens (including phenoxy) is 1. The lowest BCUT2D eigenvalue weighted by molar-refractivity contribution is 0.0378. The molecule has 2 rings (SSSR count). The highest BCUT2D eigenvalue weighted by Crippen LogP contribution is 2.23. The van der Waals surface area contributed by atoms with E-state index in [-0.39, 0.29) is 12.1 Å². The van der Waals surface area contributed by atoms with Gasteiger partial charge in [0.25, 0.3) is 0 Å². The molecular formula is C12H15NO2. The molecule has 1 aromatic rings. The number of fused-ring (bicyclic) bond motifs is 1. The van der Waals surface area contributed by atoms with Gasteiger partial charge in [-0.05, 0) is 38.0 Å². The van der Waals surface area contributed by atoms with Crippen LogP contribution in [0.1, 0.15) is 29.8 Å². The molecule has 0 atom stereocenters. The minimum absolute atomic E-state index is 0.0706. The van der Waals surface area contributed by atoms with Crippen molar-refractivity contribution in [2.45, 2.75) is 26.4 Å². The summed E-state index contributed by atoms with van der Waals surface area (Å²) in [5.41, 5.74) is 2.96. The lowest BCUT2D eigenvalue weighted by Crippen LogP contribution is -2.11. The van der Waals surface area contributed by atoms with Crippen LogP contribution in [0.3, 0.4) is 0 Å². The molecule has 80 valence electrons. The number of nitrogens with one attached hydrogen (secondary N) is 1. The Bertz CT molecular complexity index is 385. The van der Waals surface area contributed by atoms with E-state index in [0.29, 0.717) is 5.56 Å². The van der Waals surface area contributed by atoms with E-state index >= 15 is 0 Å². The Kier molecular flexibility index (Phi) is 2.62. The number of carbonyl (C=O) groups excluding carboxylic acids is 1. The molecule has 0 amide bonds. The molecule has 0 aromatic heterocycles. The van der Waals surface area contributed by atoms with Gasteiger partial charge in [0.15, 0.2) is 0 Å². The quantitative estimate of drug-likeness (QED) is 0.752. The van der Waals surface area contributed by atoms with Gasteiger partial charge in [-0.3, -0.25) is 0 Å². The van der Waals surface area contributed by atoms with Crippen LogP contribution in [0.15, 0.2) is 18.2 Å². The molecule has 0 fully saturated rings. The van der Waals surface area contributed by atoms with Crippen LogP contribution < -0.4 is 5.32 Å². The zero-order chi connectivity index (χ0) is 10.8. The molecular weight excluding hydrogens is 190 g/mol. The number of anilines is 1. The Hall–Kier alpha value is -1.51. The first kappa shape index (κ1) is 10.0. The molecule has 3 nitrogen and oxygen atoms in total. The van der Waals surface area contributed by atoms with Crippen molar-refractivity contribution in [3.63, 3.8) is 0 Å². The van der Waals surface area contributed by atoms with E-state index in [4.69, 9.17) is 4.74 Å². The first-order valence-electron chi connectivity index (χ1n) is 5.24. The Morgan fingerprint density at radius 3 is 3.00 bits per heavy atom. The van der Waals surface area contributed by atoms with Gasteiger partial charge in [-0.25, -0.2) is 4.79 Å². The number of benzene rings is 1. The molecule has 3 heteroatoms. The summed E-state index contributed by atoms with van der Waals surface area (Å²) in [5, 5.41) is 3.24. The maximum absolute atomic E-state index is 11.6. The summed E-state index contributed by atoms with van der Waals surface area (Å²) in [6, 6.07) is 5.69. The smallest absolute Gasteiger partial charge is 0.338 e. The van der Waals surface area contributed by atoms with E-state index in [0.717, 1.165) is 18.7 Å². The lowest BCUT2D eigenvalue weighted by atomic mass is 10.1. The molecule has 1 aliphatic heterocycles. The average Bonchev–Trinajstić information content (AvgIpc) is 2.62. The largest absolute Gasteiger partial charge is 0.459 e.